The lowest BCUT2D eigenvalue weighted by Gasteiger charge is -2.11. The van der Waals surface area contributed by atoms with Crippen LogP contribution in [0, 0.1) is 11.6 Å². The average molecular weight is 369 g/mol. The Morgan fingerprint density at radius 1 is 0.947 bits per heavy atom. The number of halogens is 5. The van der Waals surface area contributed by atoms with Crippen LogP contribution in [0.25, 0.3) is 0 Å². The summed E-state index contributed by atoms with van der Waals surface area (Å²) in [6, 6.07) is 4.63. The van der Waals surface area contributed by atoms with Gasteiger partial charge in [0.15, 0.2) is 5.75 Å². The van der Waals surface area contributed by atoms with Crippen molar-refractivity contribution in [3.63, 3.8) is 0 Å². The summed E-state index contributed by atoms with van der Waals surface area (Å²) in [6.45, 7) is 0. The molecule has 0 radical (unpaired) electrons. The zero-order chi connectivity index (χ0) is 14.2. The number of hydrogen-bond acceptors (Lipinski definition) is 2. The van der Waals surface area contributed by atoms with Crippen molar-refractivity contribution in [3.05, 3.63) is 50.4 Å². The molecule has 0 aliphatic rings. The Balaban J connectivity index is 2.42. The van der Waals surface area contributed by atoms with Gasteiger partial charge >= 0.3 is 0 Å². The van der Waals surface area contributed by atoms with Gasteiger partial charge in [-0.1, -0.05) is 23.2 Å². The summed E-state index contributed by atoms with van der Waals surface area (Å²) in [7, 11) is 0. The molecule has 0 bridgehead atoms. The fraction of sp³-hybridized carbons (Fsp3) is 0. The summed E-state index contributed by atoms with van der Waals surface area (Å²) < 4.78 is 32.4. The molecule has 0 amide bonds. The lowest BCUT2D eigenvalue weighted by Crippen LogP contribution is -1.95. The number of nitrogens with two attached hydrogens (primary N) is 1. The number of hydrogen-bond donors (Lipinski definition) is 1. The van der Waals surface area contributed by atoms with E-state index in [1.165, 1.54) is 12.1 Å². The van der Waals surface area contributed by atoms with Crippen LogP contribution in [0.4, 0.5) is 14.5 Å². The second kappa shape index (κ2) is 5.53. The van der Waals surface area contributed by atoms with Crippen LogP contribution in [0.2, 0.25) is 10.0 Å². The quantitative estimate of drug-likeness (QED) is 0.568. The van der Waals surface area contributed by atoms with E-state index in [9.17, 15) is 8.78 Å². The van der Waals surface area contributed by atoms with Crippen LogP contribution < -0.4 is 10.5 Å². The molecule has 0 spiro atoms. The lowest BCUT2D eigenvalue weighted by molar-refractivity contribution is 0.471. The molecule has 2 aromatic carbocycles. The Morgan fingerprint density at radius 2 is 1.47 bits per heavy atom. The van der Waals surface area contributed by atoms with Crippen LogP contribution in [0.15, 0.2) is 28.7 Å². The van der Waals surface area contributed by atoms with Crippen LogP contribution in [-0.2, 0) is 0 Å². The minimum absolute atomic E-state index is 0.0318. The van der Waals surface area contributed by atoms with E-state index in [-0.39, 0.29) is 27.2 Å². The summed E-state index contributed by atoms with van der Waals surface area (Å²) in [5, 5.41) is -0.180. The number of benzene rings is 2. The molecule has 2 rings (SSSR count). The van der Waals surface area contributed by atoms with Crippen molar-refractivity contribution in [1.82, 2.24) is 0 Å². The standard InChI is InChI=1S/C12H6BrCl2F2NO/c13-5-1-6(14)8(16)3-11(5)19-12-4-9(17)7(15)2-10(12)18/h1-4H,18H2. The minimum Gasteiger partial charge on any atom is -0.454 e. The molecule has 0 heterocycles. The van der Waals surface area contributed by atoms with E-state index < -0.39 is 11.6 Å². The molecule has 0 saturated carbocycles. The average Bonchev–Trinajstić information content (AvgIpc) is 2.32. The van der Waals surface area contributed by atoms with E-state index in [0.717, 1.165) is 12.1 Å². The van der Waals surface area contributed by atoms with Crippen molar-refractivity contribution < 1.29 is 13.5 Å². The van der Waals surface area contributed by atoms with Crippen molar-refractivity contribution in [2.24, 2.45) is 0 Å². The fourth-order valence-corrected chi connectivity index (χ4v) is 2.23. The second-order valence-electron chi connectivity index (χ2n) is 3.60. The third kappa shape index (κ3) is 3.11. The Bertz CT molecular complexity index is 597. The third-order valence-electron chi connectivity index (χ3n) is 2.25. The van der Waals surface area contributed by atoms with E-state index in [2.05, 4.69) is 15.9 Å². The Hall–Kier alpha value is -1.04. The molecule has 0 aliphatic heterocycles. The van der Waals surface area contributed by atoms with Crippen molar-refractivity contribution in [2.75, 3.05) is 5.73 Å². The van der Waals surface area contributed by atoms with Gasteiger partial charge in [0, 0.05) is 12.1 Å². The van der Waals surface area contributed by atoms with Gasteiger partial charge in [-0.3, -0.25) is 0 Å². The van der Waals surface area contributed by atoms with Crippen molar-refractivity contribution in [1.29, 1.82) is 0 Å². The topological polar surface area (TPSA) is 35.2 Å². The van der Waals surface area contributed by atoms with Crippen molar-refractivity contribution in [3.8, 4) is 11.5 Å². The van der Waals surface area contributed by atoms with Gasteiger partial charge in [0.2, 0.25) is 0 Å². The molecule has 0 aromatic heterocycles. The molecule has 0 saturated heterocycles. The highest BCUT2D eigenvalue weighted by atomic mass is 79.9. The van der Waals surface area contributed by atoms with Gasteiger partial charge in [0.25, 0.3) is 0 Å². The van der Waals surface area contributed by atoms with E-state index in [0.29, 0.717) is 4.47 Å². The normalized spacial score (nSPS) is 10.6. The fourth-order valence-electron chi connectivity index (χ4n) is 1.33. The van der Waals surface area contributed by atoms with Gasteiger partial charge in [-0.25, -0.2) is 8.78 Å². The molecule has 7 heteroatoms. The Kier molecular flexibility index (Phi) is 4.18. The zero-order valence-corrected chi connectivity index (χ0v) is 12.3. The first kappa shape index (κ1) is 14.4. The first-order valence-corrected chi connectivity index (χ1v) is 6.50. The molecule has 2 aromatic rings. The number of ether oxygens (including phenoxy) is 1. The summed E-state index contributed by atoms with van der Waals surface area (Å²) >= 11 is 14.3. The highest BCUT2D eigenvalue weighted by Gasteiger charge is 2.12. The van der Waals surface area contributed by atoms with Crippen molar-refractivity contribution in [2.45, 2.75) is 0 Å². The van der Waals surface area contributed by atoms with Crippen molar-refractivity contribution >= 4 is 44.8 Å². The summed E-state index contributed by atoms with van der Waals surface area (Å²) in [6.07, 6.45) is 0. The molecule has 0 fully saturated rings. The molecule has 0 unspecified atom stereocenters. The Labute approximate surface area is 126 Å². The van der Waals surface area contributed by atoms with E-state index in [4.69, 9.17) is 33.7 Å². The second-order valence-corrected chi connectivity index (χ2v) is 5.27. The minimum atomic E-state index is -0.684. The number of anilines is 1. The van der Waals surface area contributed by atoms with Gasteiger partial charge in [-0.05, 0) is 28.1 Å². The zero-order valence-electron chi connectivity index (χ0n) is 9.18. The smallest absolute Gasteiger partial charge is 0.153 e. The van der Waals surface area contributed by atoms with Crippen LogP contribution >= 0.6 is 39.1 Å². The molecule has 2 nitrogen and oxygen atoms in total. The molecule has 2 N–H and O–H groups in total. The Morgan fingerprint density at radius 3 is 2.11 bits per heavy atom. The maximum atomic E-state index is 13.3. The summed E-state index contributed by atoms with van der Waals surface area (Å²) in [4.78, 5) is 0. The SMILES string of the molecule is Nc1cc(Cl)c(F)cc1Oc1cc(F)c(Cl)cc1Br. The predicted octanol–water partition coefficient (Wildman–Crippen LogP) is 5.41. The largest absolute Gasteiger partial charge is 0.454 e. The molecule has 19 heavy (non-hydrogen) atoms. The molecule has 0 atom stereocenters. The van der Waals surface area contributed by atoms with Gasteiger partial charge < -0.3 is 10.5 Å². The first-order valence-electron chi connectivity index (χ1n) is 4.95. The third-order valence-corrected chi connectivity index (χ3v) is 3.45. The van der Waals surface area contributed by atoms with Gasteiger partial charge in [0.1, 0.15) is 17.4 Å². The van der Waals surface area contributed by atoms with E-state index in [1.807, 2.05) is 0 Å². The highest BCUT2D eigenvalue weighted by molar-refractivity contribution is 9.10. The molecule has 100 valence electrons. The predicted molar refractivity (Wildman–Crippen MR) is 75.0 cm³/mol. The lowest BCUT2D eigenvalue weighted by atomic mass is 10.3. The monoisotopic (exact) mass is 367 g/mol. The van der Waals surface area contributed by atoms with Crippen LogP contribution in [-0.4, -0.2) is 0 Å². The van der Waals surface area contributed by atoms with E-state index >= 15 is 0 Å². The molecular formula is C12H6BrCl2F2NO. The summed E-state index contributed by atoms with van der Waals surface area (Å²) in [5.41, 5.74) is 5.78. The first-order chi connectivity index (χ1) is 8.88. The van der Waals surface area contributed by atoms with Crippen LogP contribution in [0.3, 0.4) is 0 Å². The summed E-state index contributed by atoms with van der Waals surface area (Å²) in [5.74, 6) is -1.19. The molecule has 0 aliphatic carbocycles. The maximum Gasteiger partial charge on any atom is 0.153 e. The van der Waals surface area contributed by atoms with Gasteiger partial charge in [-0.15, -0.1) is 0 Å². The van der Waals surface area contributed by atoms with Gasteiger partial charge in [0.05, 0.1) is 20.2 Å². The maximum absolute atomic E-state index is 13.3. The van der Waals surface area contributed by atoms with E-state index in [1.54, 1.807) is 0 Å². The van der Waals surface area contributed by atoms with Gasteiger partial charge in [-0.2, -0.15) is 0 Å². The van der Waals surface area contributed by atoms with Crippen LogP contribution in [0.5, 0.6) is 11.5 Å². The number of rotatable bonds is 2. The highest BCUT2D eigenvalue weighted by Crippen LogP contribution is 2.37. The number of nitrogen functional groups attached to an aromatic ring is 1. The molecular weight excluding hydrogens is 363 g/mol. The van der Waals surface area contributed by atoms with Crippen LogP contribution in [0.1, 0.15) is 0 Å².